The zero-order valence-electron chi connectivity index (χ0n) is 14.4. The maximum Gasteiger partial charge on any atom is 0.223 e. The van der Waals surface area contributed by atoms with Crippen molar-refractivity contribution in [2.75, 3.05) is 26.7 Å². The number of H-pyrrole nitrogens is 1. The molecule has 0 radical (unpaired) electrons. The molecule has 1 aliphatic carbocycles. The predicted molar refractivity (Wildman–Crippen MR) is 94.7 cm³/mol. The fourth-order valence-electron chi connectivity index (χ4n) is 3.75. The molecule has 4 nitrogen and oxygen atoms in total. The minimum absolute atomic E-state index is 0.266. The molecule has 1 atom stereocenters. The second kappa shape index (κ2) is 6.75. The van der Waals surface area contributed by atoms with Crippen molar-refractivity contribution in [3.05, 3.63) is 35.5 Å². The smallest absolute Gasteiger partial charge is 0.223 e. The molecule has 1 heterocycles. The van der Waals surface area contributed by atoms with Crippen molar-refractivity contribution < 1.29 is 4.79 Å². The van der Waals surface area contributed by atoms with Crippen LogP contribution in [0.1, 0.15) is 31.4 Å². The lowest BCUT2D eigenvalue weighted by Crippen LogP contribution is -2.40. The lowest BCUT2D eigenvalue weighted by atomic mass is 9.88. The summed E-state index contributed by atoms with van der Waals surface area (Å²) in [7, 11) is 2.15. The van der Waals surface area contributed by atoms with Gasteiger partial charge in [0.2, 0.25) is 5.91 Å². The molecule has 1 amide bonds. The molecule has 0 saturated heterocycles. The highest BCUT2D eigenvalue weighted by molar-refractivity contribution is 5.87. The first-order valence-electron chi connectivity index (χ1n) is 8.69. The van der Waals surface area contributed by atoms with Crippen molar-refractivity contribution in [2.45, 2.75) is 39.2 Å². The van der Waals surface area contributed by atoms with Gasteiger partial charge < -0.3 is 14.8 Å². The number of benzene rings is 1. The summed E-state index contributed by atoms with van der Waals surface area (Å²) in [5.41, 5.74) is 4.08. The number of carbonyl (C=O) groups excluding carboxylic acids is 1. The minimum atomic E-state index is 0.266. The molecule has 1 aromatic heterocycles. The van der Waals surface area contributed by atoms with E-state index in [0.717, 1.165) is 32.5 Å². The summed E-state index contributed by atoms with van der Waals surface area (Å²) in [4.78, 5) is 19.9. The van der Waals surface area contributed by atoms with Gasteiger partial charge in [-0.3, -0.25) is 4.79 Å². The number of hydrogen-bond acceptors (Lipinski definition) is 2. The topological polar surface area (TPSA) is 39.3 Å². The number of amides is 1. The van der Waals surface area contributed by atoms with Gasteiger partial charge in [0.05, 0.1) is 0 Å². The minimum Gasteiger partial charge on any atom is -0.361 e. The summed E-state index contributed by atoms with van der Waals surface area (Å²) >= 11 is 0. The molecular weight excluding hydrogens is 286 g/mol. The zero-order chi connectivity index (χ0) is 16.4. The van der Waals surface area contributed by atoms with Crippen LogP contribution in [0.2, 0.25) is 0 Å². The SMILES string of the molecule is CCN(CC)C(=O)CCN(C)C1Cc2cccc3[nH]cc(c23)C1. The summed E-state index contributed by atoms with van der Waals surface area (Å²) in [5.74, 6) is 0.266. The average molecular weight is 313 g/mol. The molecule has 1 aliphatic rings. The molecule has 0 spiro atoms. The maximum absolute atomic E-state index is 12.2. The second-order valence-electron chi connectivity index (χ2n) is 6.51. The summed E-state index contributed by atoms with van der Waals surface area (Å²) < 4.78 is 0. The fraction of sp³-hybridized carbons (Fsp3) is 0.526. The lowest BCUT2D eigenvalue weighted by Gasteiger charge is -2.31. The highest BCUT2D eigenvalue weighted by Gasteiger charge is 2.25. The Morgan fingerprint density at radius 3 is 2.70 bits per heavy atom. The number of likely N-dealkylation sites (N-methyl/N-ethyl adjacent to an activating group) is 1. The number of rotatable bonds is 6. The molecular formula is C19H27N3O. The van der Waals surface area contributed by atoms with Crippen LogP contribution in [-0.2, 0) is 17.6 Å². The molecule has 2 aromatic rings. The predicted octanol–water partition coefficient (Wildman–Crippen LogP) is 2.83. The molecule has 0 saturated carbocycles. The Bertz CT molecular complexity index is 687. The lowest BCUT2D eigenvalue weighted by molar-refractivity contribution is -0.131. The van der Waals surface area contributed by atoms with Crippen LogP contribution in [0, 0.1) is 0 Å². The van der Waals surface area contributed by atoms with Crippen LogP contribution in [0.4, 0.5) is 0 Å². The first kappa shape index (κ1) is 16.1. The van der Waals surface area contributed by atoms with E-state index >= 15 is 0 Å². The van der Waals surface area contributed by atoms with Gasteiger partial charge in [0.1, 0.15) is 0 Å². The van der Waals surface area contributed by atoms with E-state index in [2.05, 4.69) is 41.3 Å². The van der Waals surface area contributed by atoms with E-state index in [4.69, 9.17) is 0 Å². The van der Waals surface area contributed by atoms with Crippen molar-refractivity contribution in [1.29, 1.82) is 0 Å². The van der Waals surface area contributed by atoms with Gasteiger partial charge >= 0.3 is 0 Å². The summed E-state index contributed by atoms with van der Waals surface area (Å²) in [6.45, 7) is 6.52. The van der Waals surface area contributed by atoms with Gasteiger partial charge in [-0.1, -0.05) is 12.1 Å². The number of carbonyl (C=O) groups is 1. The van der Waals surface area contributed by atoms with Crippen molar-refractivity contribution in [2.24, 2.45) is 0 Å². The zero-order valence-corrected chi connectivity index (χ0v) is 14.4. The van der Waals surface area contributed by atoms with Crippen LogP contribution in [-0.4, -0.2) is 53.4 Å². The summed E-state index contributed by atoms with van der Waals surface area (Å²) in [6, 6.07) is 6.99. The van der Waals surface area contributed by atoms with Crippen molar-refractivity contribution in [3.8, 4) is 0 Å². The Balaban J connectivity index is 1.64. The van der Waals surface area contributed by atoms with E-state index in [0.29, 0.717) is 12.5 Å². The molecule has 3 rings (SSSR count). The van der Waals surface area contributed by atoms with Gasteiger partial charge in [-0.25, -0.2) is 0 Å². The number of aromatic nitrogens is 1. The van der Waals surface area contributed by atoms with Crippen molar-refractivity contribution >= 4 is 16.8 Å². The Labute approximate surface area is 138 Å². The molecule has 124 valence electrons. The molecule has 23 heavy (non-hydrogen) atoms. The molecule has 1 unspecified atom stereocenters. The van der Waals surface area contributed by atoms with Gasteiger partial charge in [-0.2, -0.15) is 0 Å². The maximum atomic E-state index is 12.2. The second-order valence-corrected chi connectivity index (χ2v) is 6.51. The average Bonchev–Trinajstić information content (AvgIpc) is 2.98. The third-order valence-corrected chi connectivity index (χ3v) is 5.20. The molecule has 4 heteroatoms. The van der Waals surface area contributed by atoms with Crippen LogP contribution in [0.15, 0.2) is 24.4 Å². The molecule has 0 bridgehead atoms. The van der Waals surface area contributed by atoms with E-state index in [1.807, 2.05) is 18.7 Å². The number of aromatic amines is 1. The van der Waals surface area contributed by atoms with E-state index in [9.17, 15) is 4.79 Å². The highest BCUT2D eigenvalue weighted by atomic mass is 16.2. The van der Waals surface area contributed by atoms with Crippen LogP contribution in [0.5, 0.6) is 0 Å². The van der Waals surface area contributed by atoms with Crippen molar-refractivity contribution in [1.82, 2.24) is 14.8 Å². The van der Waals surface area contributed by atoms with Gasteiger partial charge in [-0.05, 0) is 50.9 Å². The number of nitrogens with zero attached hydrogens (tertiary/aromatic N) is 2. The first-order valence-corrected chi connectivity index (χ1v) is 8.69. The normalized spacial score (nSPS) is 17.0. The third-order valence-electron chi connectivity index (χ3n) is 5.20. The number of hydrogen-bond donors (Lipinski definition) is 1. The monoisotopic (exact) mass is 313 g/mol. The summed E-state index contributed by atoms with van der Waals surface area (Å²) in [6.07, 6.45) is 4.89. The van der Waals surface area contributed by atoms with Crippen molar-refractivity contribution in [3.63, 3.8) is 0 Å². The van der Waals surface area contributed by atoms with E-state index in [1.54, 1.807) is 0 Å². The van der Waals surface area contributed by atoms with Gasteiger partial charge in [0, 0.05) is 49.2 Å². The summed E-state index contributed by atoms with van der Waals surface area (Å²) in [5, 5.41) is 1.41. The Morgan fingerprint density at radius 1 is 1.22 bits per heavy atom. The standard InChI is InChI=1S/C19H27N3O/c1-4-22(5-2)18(23)9-10-21(3)16-11-14-7-6-8-17-19(14)15(12-16)13-20-17/h6-8,13,16,20H,4-5,9-12H2,1-3H3. The largest absolute Gasteiger partial charge is 0.361 e. The Hall–Kier alpha value is -1.81. The first-order chi connectivity index (χ1) is 11.1. The van der Waals surface area contributed by atoms with Gasteiger partial charge in [-0.15, -0.1) is 0 Å². The van der Waals surface area contributed by atoms with Crippen LogP contribution >= 0.6 is 0 Å². The molecule has 1 N–H and O–H groups in total. The third kappa shape index (κ3) is 3.13. The van der Waals surface area contributed by atoms with E-state index in [1.165, 1.54) is 22.0 Å². The van der Waals surface area contributed by atoms with Crippen LogP contribution in [0.25, 0.3) is 10.9 Å². The quantitative estimate of drug-likeness (QED) is 0.891. The van der Waals surface area contributed by atoms with Crippen LogP contribution in [0.3, 0.4) is 0 Å². The Kier molecular flexibility index (Phi) is 4.71. The molecule has 0 fully saturated rings. The van der Waals surface area contributed by atoms with Crippen LogP contribution < -0.4 is 0 Å². The van der Waals surface area contributed by atoms with E-state index < -0.39 is 0 Å². The van der Waals surface area contributed by atoms with Gasteiger partial charge in [0.15, 0.2) is 0 Å². The van der Waals surface area contributed by atoms with E-state index in [-0.39, 0.29) is 5.91 Å². The van der Waals surface area contributed by atoms with Gasteiger partial charge in [0.25, 0.3) is 0 Å². The molecule has 1 aromatic carbocycles. The fourth-order valence-corrected chi connectivity index (χ4v) is 3.75. The Morgan fingerprint density at radius 2 is 1.96 bits per heavy atom. The molecule has 0 aliphatic heterocycles. The highest BCUT2D eigenvalue weighted by Crippen LogP contribution is 2.31. The number of nitrogens with one attached hydrogen (secondary N) is 1.